The van der Waals surface area contributed by atoms with Crippen LogP contribution in [0.5, 0.6) is 0 Å². The Balaban J connectivity index is 1.97. The largest absolute Gasteiger partial charge is 0.388 e. The van der Waals surface area contributed by atoms with Gasteiger partial charge in [-0.2, -0.15) is 0 Å². The minimum Gasteiger partial charge on any atom is -0.388 e. The summed E-state index contributed by atoms with van der Waals surface area (Å²) in [6.45, 7) is 0.758. The van der Waals surface area contributed by atoms with E-state index in [9.17, 15) is 15.0 Å². The molecule has 1 aromatic rings. The topological polar surface area (TPSA) is 88.0 Å². The van der Waals surface area contributed by atoms with E-state index in [1.54, 1.807) is 31.4 Å². The van der Waals surface area contributed by atoms with Crippen LogP contribution in [0.4, 0.5) is 0 Å². The number of rotatable bonds is 4. The zero-order valence-corrected chi connectivity index (χ0v) is 11.3. The number of amides is 1. The monoisotopic (exact) mass is 281 g/mol. The number of nitrogens with one attached hydrogen (secondary N) is 1. The van der Waals surface area contributed by atoms with Crippen LogP contribution >= 0.6 is 0 Å². The summed E-state index contributed by atoms with van der Waals surface area (Å²) >= 11 is 0. The molecule has 20 heavy (non-hydrogen) atoms. The van der Waals surface area contributed by atoms with E-state index in [1.807, 2.05) is 0 Å². The van der Waals surface area contributed by atoms with Crippen LogP contribution in [0.1, 0.15) is 15.9 Å². The number of carbonyl (C=O) groups is 1. The SMILES string of the molecule is COCc1ccc(C(=O)N[C@@H]2COC[C@@H](O)[C@H]2O)cc1. The van der Waals surface area contributed by atoms with Crippen LogP contribution in [0, 0.1) is 0 Å². The maximum absolute atomic E-state index is 12.0. The van der Waals surface area contributed by atoms with Gasteiger partial charge in [0.25, 0.3) is 5.91 Å². The number of benzene rings is 1. The van der Waals surface area contributed by atoms with Gasteiger partial charge in [0.15, 0.2) is 0 Å². The molecule has 1 aliphatic rings. The van der Waals surface area contributed by atoms with Gasteiger partial charge in [0.2, 0.25) is 0 Å². The fraction of sp³-hybridized carbons (Fsp3) is 0.500. The summed E-state index contributed by atoms with van der Waals surface area (Å²) in [6, 6.07) is 6.39. The Hall–Kier alpha value is -1.47. The molecule has 110 valence electrons. The number of aliphatic hydroxyl groups excluding tert-OH is 2. The van der Waals surface area contributed by atoms with Crippen molar-refractivity contribution in [2.24, 2.45) is 0 Å². The van der Waals surface area contributed by atoms with Gasteiger partial charge >= 0.3 is 0 Å². The van der Waals surface area contributed by atoms with Crippen LogP contribution in [0.3, 0.4) is 0 Å². The Labute approximate surface area is 117 Å². The van der Waals surface area contributed by atoms with Crippen molar-refractivity contribution in [2.45, 2.75) is 24.9 Å². The first-order valence-corrected chi connectivity index (χ1v) is 6.44. The fourth-order valence-corrected chi connectivity index (χ4v) is 2.08. The number of carbonyl (C=O) groups excluding carboxylic acids is 1. The summed E-state index contributed by atoms with van der Waals surface area (Å²) in [6.07, 6.45) is -1.99. The predicted molar refractivity (Wildman–Crippen MR) is 71.2 cm³/mol. The first kappa shape index (κ1) is 14.9. The van der Waals surface area contributed by atoms with Crippen molar-refractivity contribution < 1.29 is 24.5 Å². The van der Waals surface area contributed by atoms with Gasteiger partial charge in [-0.25, -0.2) is 0 Å². The van der Waals surface area contributed by atoms with Gasteiger partial charge in [-0.05, 0) is 17.7 Å². The molecule has 2 rings (SSSR count). The van der Waals surface area contributed by atoms with E-state index in [0.717, 1.165) is 5.56 Å². The van der Waals surface area contributed by atoms with Crippen molar-refractivity contribution in [2.75, 3.05) is 20.3 Å². The molecule has 1 fully saturated rings. The first-order chi connectivity index (χ1) is 9.61. The molecular weight excluding hydrogens is 262 g/mol. The van der Waals surface area contributed by atoms with Gasteiger partial charge in [0, 0.05) is 12.7 Å². The second-order valence-corrected chi connectivity index (χ2v) is 4.81. The van der Waals surface area contributed by atoms with E-state index in [-0.39, 0.29) is 19.1 Å². The highest BCUT2D eigenvalue weighted by Crippen LogP contribution is 2.11. The summed E-state index contributed by atoms with van der Waals surface area (Å²) in [5.41, 5.74) is 1.46. The molecule has 1 saturated heterocycles. The van der Waals surface area contributed by atoms with Crippen LogP contribution in [-0.4, -0.2) is 54.7 Å². The molecule has 1 aromatic carbocycles. The third-order valence-electron chi connectivity index (χ3n) is 3.24. The maximum Gasteiger partial charge on any atom is 0.251 e. The lowest BCUT2D eigenvalue weighted by Crippen LogP contribution is -2.55. The smallest absolute Gasteiger partial charge is 0.251 e. The van der Waals surface area contributed by atoms with E-state index in [1.165, 1.54) is 0 Å². The predicted octanol–water partition coefficient (Wildman–Crippen LogP) is -0.317. The van der Waals surface area contributed by atoms with Crippen LogP contribution in [-0.2, 0) is 16.1 Å². The minimum absolute atomic E-state index is 0.0826. The summed E-state index contributed by atoms with van der Waals surface area (Å²) in [7, 11) is 1.61. The van der Waals surface area contributed by atoms with Gasteiger partial charge in [-0.1, -0.05) is 12.1 Å². The van der Waals surface area contributed by atoms with Crippen molar-refractivity contribution in [3.8, 4) is 0 Å². The summed E-state index contributed by atoms with van der Waals surface area (Å²) < 4.78 is 10.1. The fourth-order valence-electron chi connectivity index (χ4n) is 2.08. The molecule has 0 saturated carbocycles. The third kappa shape index (κ3) is 3.55. The van der Waals surface area contributed by atoms with E-state index in [4.69, 9.17) is 9.47 Å². The summed E-state index contributed by atoms with van der Waals surface area (Å²) in [5, 5.41) is 21.9. The average Bonchev–Trinajstić information content (AvgIpc) is 2.45. The van der Waals surface area contributed by atoms with E-state index in [0.29, 0.717) is 12.2 Å². The van der Waals surface area contributed by atoms with Crippen molar-refractivity contribution >= 4 is 5.91 Å². The molecule has 6 heteroatoms. The Morgan fingerprint density at radius 3 is 2.70 bits per heavy atom. The molecule has 0 unspecified atom stereocenters. The lowest BCUT2D eigenvalue weighted by molar-refractivity contribution is -0.102. The molecule has 0 aromatic heterocycles. The molecule has 3 N–H and O–H groups in total. The quantitative estimate of drug-likeness (QED) is 0.704. The number of ether oxygens (including phenoxy) is 2. The van der Waals surface area contributed by atoms with E-state index < -0.39 is 18.2 Å². The van der Waals surface area contributed by atoms with Crippen LogP contribution in [0.25, 0.3) is 0 Å². The lowest BCUT2D eigenvalue weighted by Gasteiger charge is -2.32. The third-order valence-corrected chi connectivity index (χ3v) is 3.24. The van der Waals surface area contributed by atoms with Gasteiger partial charge in [-0.15, -0.1) is 0 Å². The van der Waals surface area contributed by atoms with E-state index in [2.05, 4.69) is 5.32 Å². The standard InChI is InChI=1S/C14H19NO5/c1-19-6-9-2-4-10(5-3-9)14(18)15-11-7-20-8-12(16)13(11)17/h2-5,11-13,16-17H,6-8H2,1H3,(H,15,18)/t11-,12-,13+/m1/s1. The molecule has 1 heterocycles. The van der Waals surface area contributed by atoms with Crippen molar-refractivity contribution in [3.05, 3.63) is 35.4 Å². The van der Waals surface area contributed by atoms with Crippen molar-refractivity contribution in [1.82, 2.24) is 5.32 Å². The molecule has 1 aliphatic heterocycles. The van der Waals surface area contributed by atoms with Crippen LogP contribution in [0.15, 0.2) is 24.3 Å². The zero-order chi connectivity index (χ0) is 14.5. The highest BCUT2D eigenvalue weighted by atomic mass is 16.5. The normalized spacial score (nSPS) is 26.2. The number of aliphatic hydroxyl groups is 2. The molecule has 6 nitrogen and oxygen atoms in total. The lowest BCUT2D eigenvalue weighted by atomic mass is 10.0. The molecule has 0 aliphatic carbocycles. The molecule has 3 atom stereocenters. The zero-order valence-electron chi connectivity index (χ0n) is 11.3. The van der Waals surface area contributed by atoms with Gasteiger partial charge in [-0.3, -0.25) is 4.79 Å². The highest BCUT2D eigenvalue weighted by molar-refractivity contribution is 5.94. The second kappa shape index (κ2) is 6.81. The van der Waals surface area contributed by atoms with Crippen LogP contribution in [0.2, 0.25) is 0 Å². The first-order valence-electron chi connectivity index (χ1n) is 6.44. The highest BCUT2D eigenvalue weighted by Gasteiger charge is 2.32. The number of hydrogen-bond acceptors (Lipinski definition) is 5. The minimum atomic E-state index is -1.01. The van der Waals surface area contributed by atoms with E-state index >= 15 is 0 Å². The Bertz CT molecular complexity index is 447. The molecule has 0 bridgehead atoms. The second-order valence-electron chi connectivity index (χ2n) is 4.81. The molecular formula is C14H19NO5. The number of methoxy groups -OCH3 is 1. The summed E-state index contributed by atoms with van der Waals surface area (Å²) in [4.78, 5) is 12.0. The maximum atomic E-state index is 12.0. The Morgan fingerprint density at radius 1 is 1.35 bits per heavy atom. The van der Waals surface area contributed by atoms with Gasteiger partial charge in [0.05, 0.1) is 25.9 Å². The summed E-state index contributed by atoms with van der Waals surface area (Å²) in [5.74, 6) is -0.310. The number of hydrogen-bond donors (Lipinski definition) is 3. The van der Waals surface area contributed by atoms with Crippen molar-refractivity contribution in [3.63, 3.8) is 0 Å². The Kier molecular flexibility index (Phi) is 5.08. The van der Waals surface area contributed by atoms with Gasteiger partial charge < -0.3 is 25.0 Å². The average molecular weight is 281 g/mol. The molecule has 0 radical (unpaired) electrons. The Morgan fingerprint density at radius 2 is 2.05 bits per heavy atom. The van der Waals surface area contributed by atoms with Gasteiger partial charge in [0.1, 0.15) is 12.2 Å². The molecule has 0 spiro atoms. The van der Waals surface area contributed by atoms with Crippen LogP contribution < -0.4 is 5.32 Å². The molecule has 1 amide bonds. The van der Waals surface area contributed by atoms with Crippen molar-refractivity contribution in [1.29, 1.82) is 0 Å².